The molecule has 2 aromatic rings. The number of halogens is 1. The van der Waals surface area contributed by atoms with E-state index in [1.54, 1.807) is 37.4 Å². The van der Waals surface area contributed by atoms with E-state index in [0.717, 1.165) is 5.56 Å². The molecular weight excluding hydrogens is 280 g/mol. The zero-order valence-corrected chi connectivity index (χ0v) is 11.6. The van der Waals surface area contributed by atoms with Crippen LogP contribution in [0.3, 0.4) is 0 Å². The molecule has 0 aliphatic heterocycles. The van der Waals surface area contributed by atoms with Gasteiger partial charge in [0, 0.05) is 18.2 Å². The van der Waals surface area contributed by atoms with Crippen LogP contribution in [0, 0.1) is 10.1 Å². The highest BCUT2D eigenvalue weighted by Gasteiger charge is 2.17. The summed E-state index contributed by atoms with van der Waals surface area (Å²) in [6.45, 7) is 0.552. The first-order valence-corrected chi connectivity index (χ1v) is 6.34. The standard InChI is InChI=1S/C14H13ClN2O3/c1-16-9-10-5-4-6-11(15)14(10)20-13-8-3-2-7-12(13)17(18)19/h2-8,16H,9H2,1H3. The number of hydrogen-bond donors (Lipinski definition) is 1. The third kappa shape index (κ3) is 3.07. The van der Waals surface area contributed by atoms with Crippen LogP contribution < -0.4 is 10.1 Å². The summed E-state index contributed by atoms with van der Waals surface area (Å²) in [5.74, 6) is 0.598. The largest absolute Gasteiger partial charge is 0.448 e. The second-order valence-corrected chi connectivity index (χ2v) is 4.49. The Balaban J connectivity index is 2.42. The third-order valence-electron chi connectivity index (χ3n) is 2.69. The first kappa shape index (κ1) is 14.3. The topological polar surface area (TPSA) is 64.4 Å². The predicted molar refractivity (Wildman–Crippen MR) is 77.4 cm³/mol. The minimum atomic E-state index is -0.482. The van der Waals surface area contributed by atoms with Crippen LogP contribution in [0.1, 0.15) is 5.56 Å². The molecule has 6 heteroatoms. The second kappa shape index (κ2) is 6.36. The highest BCUT2D eigenvalue weighted by atomic mass is 35.5. The van der Waals surface area contributed by atoms with Gasteiger partial charge in [0.1, 0.15) is 0 Å². The molecule has 0 aliphatic carbocycles. The van der Waals surface area contributed by atoms with Crippen molar-refractivity contribution in [1.29, 1.82) is 0 Å². The Bertz CT molecular complexity index is 632. The first-order chi connectivity index (χ1) is 9.63. The molecule has 1 N–H and O–H groups in total. The van der Waals surface area contributed by atoms with Gasteiger partial charge in [-0.2, -0.15) is 0 Å². The number of nitrogens with zero attached hydrogens (tertiary/aromatic N) is 1. The first-order valence-electron chi connectivity index (χ1n) is 5.96. The summed E-state index contributed by atoms with van der Waals surface area (Å²) in [7, 11) is 1.80. The van der Waals surface area contributed by atoms with E-state index < -0.39 is 4.92 Å². The molecule has 2 rings (SSSR count). The van der Waals surface area contributed by atoms with Crippen molar-refractivity contribution < 1.29 is 9.66 Å². The maximum Gasteiger partial charge on any atom is 0.311 e. The van der Waals surface area contributed by atoms with E-state index in [2.05, 4.69) is 5.32 Å². The van der Waals surface area contributed by atoms with Gasteiger partial charge in [0.25, 0.3) is 0 Å². The maximum absolute atomic E-state index is 11.0. The number of ether oxygens (including phenoxy) is 1. The van der Waals surface area contributed by atoms with Gasteiger partial charge in [0.15, 0.2) is 5.75 Å². The summed E-state index contributed by atoms with van der Waals surface area (Å²) in [5, 5.41) is 14.4. The van der Waals surface area contributed by atoms with E-state index in [4.69, 9.17) is 16.3 Å². The van der Waals surface area contributed by atoms with E-state index in [0.29, 0.717) is 17.3 Å². The van der Waals surface area contributed by atoms with Crippen molar-refractivity contribution in [2.75, 3.05) is 7.05 Å². The number of para-hydroxylation sites is 3. The average Bonchev–Trinajstić information content (AvgIpc) is 2.43. The van der Waals surface area contributed by atoms with E-state index in [9.17, 15) is 10.1 Å². The van der Waals surface area contributed by atoms with Crippen molar-refractivity contribution in [3.05, 3.63) is 63.2 Å². The summed E-state index contributed by atoms with van der Waals surface area (Å²) in [6.07, 6.45) is 0. The fraction of sp³-hybridized carbons (Fsp3) is 0.143. The molecule has 0 fully saturated rings. The molecule has 20 heavy (non-hydrogen) atoms. The Morgan fingerprint density at radius 3 is 2.70 bits per heavy atom. The highest BCUT2D eigenvalue weighted by Crippen LogP contribution is 2.36. The maximum atomic E-state index is 11.0. The summed E-state index contributed by atoms with van der Waals surface area (Å²) >= 11 is 6.12. The van der Waals surface area contributed by atoms with Crippen molar-refractivity contribution in [2.24, 2.45) is 0 Å². The smallest absolute Gasteiger partial charge is 0.311 e. The van der Waals surface area contributed by atoms with Gasteiger partial charge in [0.05, 0.1) is 9.95 Å². The molecule has 2 aromatic carbocycles. The number of rotatable bonds is 5. The van der Waals surface area contributed by atoms with Crippen LogP contribution in [0.25, 0.3) is 0 Å². The van der Waals surface area contributed by atoms with Gasteiger partial charge in [-0.3, -0.25) is 10.1 Å². The zero-order valence-electron chi connectivity index (χ0n) is 10.8. The lowest BCUT2D eigenvalue weighted by Crippen LogP contribution is -2.06. The summed E-state index contributed by atoms with van der Waals surface area (Å²) in [5.41, 5.74) is 0.737. The second-order valence-electron chi connectivity index (χ2n) is 4.09. The van der Waals surface area contributed by atoms with E-state index in [-0.39, 0.29) is 11.4 Å². The van der Waals surface area contributed by atoms with E-state index >= 15 is 0 Å². The normalized spacial score (nSPS) is 10.3. The quantitative estimate of drug-likeness (QED) is 0.673. The Morgan fingerprint density at radius 2 is 2.00 bits per heavy atom. The van der Waals surface area contributed by atoms with Gasteiger partial charge in [-0.1, -0.05) is 35.9 Å². The molecule has 0 spiro atoms. The lowest BCUT2D eigenvalue weighted by Gasteiger charge is -2.12. The average molecular weight is 293 g/mol. The van der Waals surface area contributed by atoms with E-state index in [1.807, 2.05) is 6.07 Å². The summed E-state index contributed by atoms with van der Waals surface area (Å²) in [6, 6.07) is 11.6. The van der Waals surface area contributed by atoms with Crippen LogP contribution in [0.2, 0.25) is 5.02 Å². The Kier molecular flexibility index (Phi) is 4.55. The molecule has 0 amide bonds. The number of nitrogens with one attached hydrogen (secondary N) is 1. The van der Waals surface area contributed by atoms with Crippen LogP contribution in [0.5, 0.6) is 11.5 Å². The zero-order chi connectivity index (χ0) is 14.5. The van der Waals surface area contributed by atoms with Gasteiger partial charge in [-0.25, -0.2) is 0 Å². The number of nitro groups is 1. The molecule has 0 saturated heterocycles. The molecule has 104 valence electrons. The molecule has 0 aromatic heterocycles. The predicted octanol–water partition coefficient (Wildman–Crippen LogP) is 3.76. The SMILES string of the molecule is CNCc1cccc(Cl)c1Oc1ccccc1[N+](=O)[O-]. The van der Waals surface area contributed by atoms with Gasteiger partial charge in [-0.05, 0) is 19.2 Å². The molecule has 0 saturated carbocycles. The molecule has 0 unspecified atom stereocenters. The molecular formula is C14H13ClN2O3. The van der Waals surface area contributed by atoms with Crippen LogP contribution in [-0.4, -0.2) is 12.0 Å². The number of nitro benzene ring substituents is 1. The fourth-order valence-electron chi connectivity index (χ4n) is 1.80. The van der Waals surface area contributed by atoms with Crippen molar-refractivity contribution >= 4 is 17.3 Å². The lowest BCUT2D eigenvalue weighted by molar-refractivity contribution is -0.385. The van der Waals surface area contributed by atoms with Crippen LogP contribution in [-0.2, 0) is 6.54 Å². The minimum Gasteiger partial charge on any atom is -0.448 e. The van der Waals surface area contributed by atoms with E-state index in [1.165, 1.54) is 6.07 Å². The highest BCUT2D eigenvalue weighted by molar-refractivity contribution is 6.32. The molecule has 5 nitrogen and oxygen atoms in total. The fourth-order valence-corrected chi connectivity index (χ4v) is 2.03. The number of benzene rings is 2. The van der Waals surface area contributed by atoms with Crippen molar-refractivity contribution in [2.45, 2.75) is 6.54 Å². The molecule has 0 heterocycles. The molecule has 0 radical (unpaired) electrons. The van der Waals surface area contributed by atoms with Crippen LogP contribution >= 0.6 is 11.6 Å². The van der Waals surface area contributed by atoms with Crippen LogP contribution in [0.4, 0.5) is 5.69 Å². The van der Waals surface area contributed by atoms with Crippen molar-refractivity contribution in [3.8, 4) is 11.5 Å². The Morgan fingerprint density at radius 1 is 1.25 bits per heavy atom. The molecule has 0 aliphatic rings. The van der Waals surface area contributed by atoms with Gasteiger partial charge in [0.2, 0.25) is 5.75 Å². The van der Waals surface area contributed by atoms with Gasteiger partial charge < -0.3 is 10.1 Å². The molecule has 0 bridgehead atoms. The number of hydrogen-bond acceptors (Lipinski definition) is 4. The molecule has 0 atom stereocenters. The van der Waals surface area contributed by atoms with Crippen LogP contribution in [0.15, 0.2) is 42.5 Å². The minimum absolute atomic E-state index is 0.0946. The van der Waals surface area contributed by atoms with Crippen molar-refractivity contribution in [1.82, 2.24) is 5.32 Å². The monoisotopic (exact) mass is 292 g/mol. The van der Waals surface area contributed by atoms with Crippen molar-refractivity contribution in [3.63, 3.8) is 0 Å². The Hall–Kier alpha value is -2.11. The van der Waals surface area contributed by atoms with Gasteiger partial charge >= 0.3 is 5.69 Å². The summed E-state index contributed by atoms with van der Waals surface area (Å²) in [4.78, 5) is 10.5. The summed E-state index contributed by atoms with van der Waals surface area (Å²) < 4.78 is 5.67. The van der Waals surface area contributed by atoms with Gasteiger partial charge in [-0.15, -0.1) is 0 Å². The lowest BCUT2D eigenvalue weighted by atomic mass is 10.2. The Labute approximate surface area is 121 Å². The third-order valence-corrected chi connectivity index (χ3v) is 2.99.